The van der Waals surface area contributed by atoms with Crippen molar-refractivity contribution in [1.82, 2.24) is 25.0 Å². The fraction of sp³-hybridized carbons (Fsp3) is 0.750. The number of nitrogens with zero attached hydrogens (tertiary/aromatic N) is 4. The van der Waals surface area contributed by atoms with Crippen molar-refractivity contribution in [2.24, 2.45) is 5.92 Å². The van der Waals surface area contributed by atoms with Crippen LogP contribution in [0, 0.1) is 19.8 Å². The van der Waals surface area contributed by atoms with Crippen molar-refractivity contribution in [3.05, 3.63) is 11.6 Å². The summed E-state index contributed by atoms with van der Waals surface area (Å²) in [6.45, 7) is 11.6. The first-order chi connectivity index (χ1) is 10.7. The van der Waals surface area contributed by atoms with Crippen molar-refractivity contribution in [2.75, 3.05) is 13.1 Å². The molecule has 7 heteroatoms. The molecule has 1 aliphatic heterocycles. The first-order valence-electron chi connectivity index (χ1n) is 8.14. The van der Waals surface area contributed by atoms with Crippen LogP contribution >= 0.6 is 0 Å². The molecule has 1 N–H and O–H groups in total. The van der Waals surface area contributed by atoms with Gasteiger partial charge in [-0.25, -0.2) is 4.98 Å². The van der Waals surface area contributed by atoms with Crippen molar-refractivity contribution in [1.29, 1.82) is 0 Å². The third-order valence-electron chi connectivity index (χ3n) is 4.11. The van der Waals surface area contributed by atoms with Crippen molar-refractivity contribution in [2.45, 2.75) is 59.5 Å². The molecule has 1 fully saturated rings. The van der Waals surface area contributed by atoms with Gasteiger partial charge in [-0.1, -0.05) is 0 Å². The molecule has 1 aromatic heterocycles. The predicted molar refractivity (Wildman–Crippen MR) is 86.7 cm³/mol. The zero-order chi connectivity index (χ0) is 17.2. The molecule has 2 heterocycles. The van der Waals surface area contributed by atoms with Crippen LogP contribution in [0.4, 0.5) is 0 Å². The first-order valence-corrected chi connectivity index (χ1v) is 8.14. The van der Waals surface area contributed by atoms with E-state index in [1.165, 1.54) is 0 Å². The summed E-state index contributed by atoms with van der Waals surface area (Å²) < 4.78 is 1.85. The van der Waals surface area contributed by atoms with Gasteiger partial charge in [0.05, 0.1) is 5.92 Å². The minimum atomic E-state index is -0.239. The van der Waals surface area contributed by atoms with Gasteiger partial charge in [0.2, 0.25) is 11.8 Å². The maximum atomic E-state index is 12.2. The van der Waals surface area contributed by atoms with Crippen LogP contribution in [0.1, 0.15) is 45.3 Å². The highest BCUT2D eigenvalue weighted by atomic mass is 16.2. The molecule has 0 aliphatic carbocycles. The predicted octanol–water partition coefficient (Wildman–Crippen LogP) is 1.05. The topological polar surface area (TPSA) is 80.1 Å². The molecule has 1 aliphatic rings. The second-order valence-electron chi connectivity index (χ2n) is 7.15. The number of hydrogen-bond acceptors (Lipinski definition) is 4. The van der Waals surface area contributed by atoms with Crippen LogP contribution in [0.15, 0.2) is 0 Å². The molecule has 1 saturated heterocycles. The molecular weight excluding hydrogens is 294 g/mol. The second-order valence-corrected chi connectivity index (χ2v) is 7.15. The van der Waals surface area contributed by atoms with Gasteiger partial charge in [-0.2, -0.15) is 5.10 Å². The van der Waals surface area contributed by atoms with E-state index in [-0.39, 0.29) is 23.3 Å². The molecule has 23 heavy (non-hydrogen) atoms. The second kappa shape index (κ2) is 6.68. The summed E-state index contributed by atoms with van der Waals surface area (Å²) in [6.07, 6.45) is 1.10. The highest BCUT2D eigenvalue weighted by molar-refractivity contribution is 5.89. The average molecular weight is 321 g/mol. The molecule has 0 aromatic carbocycles. The molecule has 2 rings (SSSR count). The lowest BCUT2D eigenvalue weighted by atomic mass is 10.1. The van der Waals surface area contributed by atoms with E-state index < -0.39 is 0 Å². The molecule has 0 bridgehead atoms. The van der Waals surface area contributed by atoms with E-state index in [2.05, 4.69) is 15.4 Å². The summed E-state index contributed by atoms with van der Waals surface area (Å²) in [7, 11) is 0. The van der Waals surface area contributed by atoms with Crippen LogP contribution in [-0.2, 0) is 16.1 Å². The monoisotopic (exact) mass is 321 g/mol. The van der Waals surface area contributed by atoms with Gasteiger partial charge in [-0.05, 0) is 41.0 Å². The Kier molecular flexibility index (Phi) is 5.06. The fourth-order valence-corrected chi connectivity index (χ4v) is 2.89. The third kappa shape index (κ3) is 4.30. The molecule has 2 amide bonds. The number of carbonyl (C=O) groups excluding carboxylic acids is 2. The summed E-state index contributed by atoms with van der Waals surface area (Å²) in [5.74, 6) is 1.44. The molecule has 7 nitrogen and oxygen atoms in total. The molecule has 1 aromatic rings. The maximum absolute atomic E-state index is 12.2. The van der Waals surface area contributed by atoms with Crippen LogP contribution in [-0.4, -0.2) is 50.1 Å². The fourth-order valence-electron chi connectivity index (χ4n) is 2.89. The minimum Gasteiger partial charge on any atom is -0.356 e. The summed E-state index contributed by atoms with van der Waals surface area (Å²) in [4.78, 5) is 30.3. The van der Waals surface area contributed by atoms with Crippen LogP contribution < -0.4 is 5.32 Å². The van der Waals surface area contributed by atoms with Crippen molar-refractivity contribution in [3.8, 4) is 0 Å². The van der Waals surface area contributed by atoms with Crippen LogP contribution in [0.2, 0.25) is 0 Å². The Morgan fingerprint density at radius 3 is 2.57 bits per heavy atom. The number of hydrogen-bond donors (Lipinski definition) is 1. The van der Waals surface area contributed by atoms with Crippen LogP contribution in [0.5, 0.6) is 0 Å². The van der Waals surface area contributed by atoms with Gasteiger partial charge in [-0.15, -0.1) is 0 Å². The number of aromatic nitrogens is 3. The molecule has 1 unspecified atom stereocenters. The highest BCUT2D eigenvalue weighted by Gasteiger charge is 2.39. The van der Waals surface area contributed by atoms with Crippen molar-refractivity contribution < 1.29 is 9.59 Å². The molecule has 128 valence electrons. The van der Waals surface area contributed by atoms with Gasteiger partial charge in [0.1, 0.15) is 11.6 Å². The van der Waals surface area contributed by atoms with Gasteiger partial charge in [0.25, 0.3) is 0 Å². The number of carbonyl (C=O) groups is 2. The van der Waals surface area contributed by atoms with Crippen LogP contribution in [0.25, 0.3) is 0 Å². The maximum Gasteiger partial charge on any atom is 0.225 e. The summed E-state index contributed by atoms with van der Waals surface area (Å²) in [5, 5.41) is 7.23. The number of rotatable bonds is 5. The van der Waals surface area contributed by atoms with Crippen molar-refractivity contribution in [3.63, 3.8) is 0 Å². The Hall–Kier alpha value is -1.92. The van der Waals surface area contributed by atoms with E-state index in [9.17, 15) is 9.59 Å². The zero-order valence-electron chi connectivity index (χ0n) is 14.7. The quantitative estimate of drug-likeness (QED) is 0.822. The Morgan fingerprint density at radius 2 is 2.04 bits per heavy atom. The Labute approximate surface area is 137 Å². The standard InChI is InChI=1S/C16H27N5O2/c1-11-18-12(2)21(19-11)8-6-7-17-15(23)13-9-14(22)20(10-13)16(3,4)5/h13H,6-10H2,1-5H3,(H,17,23). The number of amides is 2. The highest BCUT2D eigenvalue weighted by Crippen LogP contribution is 2.25. The lowest BCUT2D eigenvalue weighted by Crippen LogP contribution is -2.43. The minimum absolute atomic E-state index is 0.0309. The van der Waals surface area contributed by atoms with E-state index in [1.807, 2.05) is 39.3 Å². The number of likely N-dealkylation sites (tertiary alicyclic amines) is 1. The lowest BCUT2D eigenvalue weighted by Gasteiger charge is -2.31. The Bertz CT molecular complexity index is 588. The number of aryl methyl sites for hydroxylation is 3. The Balaban J connectivity index is 1.75. The van der Waals surface area contributed by atoms with E-state index in [4.69, 9.17) is 0 Å². The first kappa shape index (κ1) is 17.4. The summed E-state index contributed by atoms with van der Waals surface area (Å²) in [5.41, 5.74) is -0.228. The van der Waals surface area contributed by atoms with Crippen molar-refractivity contribution >= 4 is 11.8 Å². The molecule has 1 atom stereocenters. The van der Waals surface area contributed by atoms with Gasteiger partial charge < -0.3 is 10.2 Å². The molecular formula is C16H27N5O2. The van der Waals surface area contributed by atoms with Gasteiger partial charge in [-0.3, -0.25) is 14.3 Å². The van der Waals surface area contributed by atoms with E-state index >= 15 is 0 Å². The SMILES string of the molecule is Cc1nc(C)n(CCCNC(=O)C2CC(=O)N(C(C)(C)C)C2)n1. The van der Waals surface area contributed by atoms with Gasteiger partial charge >= 0.3 is 0 Å². The molecule has 0 saturated carbocycles. The molecule has 0 spiro atoms. The zero-order valence-corrected chi connectivity index (χ0v) is 14.7. The van der Waals surface area contributed by atoms with Gasteiger partial charge in [0.15, 0.2) is 0 Å². The van der Waals surface area contributed by atoms with E-state index in [0.717, 1.165) is 24.6 Å². The largest absolute Gasteiger partial charge is 0.356 e. The molecule has 0 radical (unpaired) electrons. The normalized spacial score (nSPS) is 18.6. The summed E-state index contributed by atoms with van der Waals surface area (Å²) in [6, 6.07) is 0. The average Bonchev–Trinajstić information content (AvgIpc) is 2.97. The number of nitrogens with one attached hydrogen (secondary N) is 1. The van der Waals surface area contributed by atoms with Gasteiger partial charge in [0, 0.05) is 31.6 Å². The van der Waals surface area contributed by atoms with Crippen LogP contribution in [0.3, 0.4) is 0 Å². The third-order valence-corrected chi connectivity index (χ3v) is 4.11. The van der Waals surface area contributed by atoms with E-state index in [0.29, 0.717) is 19.5 Å². The smallest absolute Gasteiger partial charge is 0.225 e. The lowest BCUT2D eigenvalue weighted by molar-refractivity contribution is -0.132. The Morgan fingerprint density at radius 1 is 1.35 bits per heavy atom. The van der Waals surface area contributed by atoms with E-state index in [1.54, 1.807) is 4.90 Å². The summed E-state index contributed by atoms with van der Waals surface area (Å²) >= 11 is 0.